The van der Waals surface area contributed by atoms with Crippen LogP contribution in [-0.4, -0.2) is 109 Å². The maximum atomic E-state index is 14.2. The van der Waals surface area contributed by atoms with Crippen LogP contribution < -0.4 is 10.6 Å². The second kappa shape index (κ2) is 16.2. The van der Waals surface area contributed by atoms with Crippen LogP contribution in [0.25, 0.3) is 0 Å². The molecule has 6 fully saturated rings. The summed E-state index contributed by atoms with van der Waals surface area (Å²) in [6, 6.07) is -0.450. The minimum Gasteiger partial charge on any atom is -0.394 e. The van der Waals surface area contributed by atoms with E-state index < -0.39 is 24.2 Å². The third-order valence-corrected chi connectivity index (χ3v) is 14.1. The average molecular weight is 691 g/mol. The number of nitrogens with zero attached hydrogens (tertiary/aromatic N) is 2. The molecule has 0 radical (unpaired) electrons. The van der Waals surface area contributed by atoms with Crippen molar-refractivity contribution in [2.45, 2.75) is 136 Å². The Bertz CT molecular complexity index is 1120. The second-order valence-electron chi connectivity index (χ2n) is 18.1. The van der Waals surface area contributed by atoms with Gasteiger partial charge in [-0.15, -0.1) is 0 Å². The summed E-state index contributed by atoms with van der Waals surface area (Å²) in [5.41, 5.74) is 0.324. The van der Waals surface area contributed by atoms with E-state index in [0.717, 1.165) is 57.9 Å². The number of hydroxylamine groups is 2. The lowest BCUT2D eigenvalue weighted by molar-refractivity contribution is -0.193. The number of hydrogen-bond acceptors (Lipinski definition) is 8. The molecular weight excluding hydrogens is 620 g/mol. The van der Waals surface area contributed by atoms with Crippen LogP contribution >= 0.6 is 0 Å². The molecule has 6 rings (SSSR count). The molecular formula is C39H70N4O6. The van der Waals surface area contributed by atoms with Crippen molar-refractivity contribution < 1.29 is 29.4 Å². The lowest BCUT2D eigenvalue weighted by atomic mass is 9.45. The lowest BCUT2D eigenvalue weighted by Gasteiger charge is -2.62. The molecule has 1 saturated heterocycles. The van der Waals surface area contributed by atoms with Crippen molar-refractivity contribution in [2.75, 3.05) is 40.9 Å². The van der Waals surface area contributed by atoms with Gasteiger partial charge in [0.25, 0.3) is 0 Å². The zero-order chi connectivity index (χ0) is 35.8. The number of likely N-dealkylation sites (N-methyl/N-ethyl adjacent to an activating group) is 1. The number of nitrogens with one attached hydrogen (secondary N) is 2. The molecule has 0 aromatic carbocycles. The predicted octanol–water partition coefficient (Wildman–Crippen LogP) is 4.09. The molecule has 0 aromatic heterocycles. The fraction of sp³-hybridized carbons (Fsp3) is 0.949. The van der Waals surface area contributed by atoms with Crippen LogP contribution in [0.2, 0.25) is 0 Å². The van der Waals surface area contributed by atoms with Crippen LogP contribution in [0, 0.1) is 58.7 Å². The molecule has 2 amide bonds. The molecule has 4 N–H and O–H groups in total. The minimum atomic E-state index is -0.815. The zero-order valence-electron chi connectivity index (χ0n) is 32.1. The number of rotatable bonds is 13. The highest BCUT2D eigenvalue weighted by atomic mass is 16.7. The highest BCUT2D eigenvalue weighted by Crippen LogP contribution is 2.61. The van der Waals surface area contributed by atoms with E-state index in [0.29, 0.717) is 47.5 Å². The highest BCUT2D eigenvalue weighted by molar-refractivity contribution is 5.83. The molecule has 5 saturated carbocycles. The van der Waals surface area contributed by atoms with E-state index in [4.69, 9.17) is 9.57 Å². The maximum Gasteiger partial charge on any atom is 0.240 e. The molecule has 14 atom stereocenters. The standard InChI is InChI=1S/C39H70N4O6/c1-22(2)32(20-42(7)8)41-37(46)26-13-10-12-25(16-26)29-15-11-14-27(36(29)48-9)19-43-35(34(24(4)45)33(21-44)49-43)38(47)40-31-18-28-17-30(23(31)3)39(28,5)6/h22-36,44-45H,10-21H2,1-9H3,(H,40,47)(H,41,46)/t23-,24-,25?,26?,27?,28+,29?,30-,31-,32+,33-,34+,35-,36?/m0/s1. The van der Waals surface area contributed by atoms with Crippen molar-refractivity contribution in [1.82, 2.24) is 20.6 Å². The Morgan fingerprint density at radius 3 is 2.35 bits per heavy atom. The molecule has 5 aliphatic carbocycles. The number of hydrogen-bond donors (Lipinski definition) is 4. The molecule has 5 unspecified atom stereocenters. The van der Waals surface area contributed by atoms with Gasteiger partial charge in [0.1, 0.15) is 12.1 Å². The summed E-state index contributed by atoms with van der Waals surface area (Å²) in [7, 11) is 5.91. The van der Waals surface area contributed by atoms with Crippen molar-refractivity contribution >= 4 is 11.8 Å². The summed E-state index contributed by atoms with van der Waals surface area (Å²) in [5, 5.41) is 29.8. The van der Waals surface area contributed by atoms with E-state index in [2.05, 4.69) is 64.2 Å². The van der Waals surface area contributed by atoms with Gasteiger partial charge in [-0.05, 0) is 100 Å². The topological polar surface area (TPSA) is 124 Å². The van der Waals surface area contributed by atoms with Crippen LogP contribution in [-0.2, 0) is 19.2 Å². The first-order valence-electron chi connectivity index (χ1n) is 19.7. The normalized spacial score (nSPS) is 40.5. The number of carbonyl (C=O) groups excluding carboxylic acids is 2. The number of fused-ring (bicyclic) bond motifs is 2. The van der Waals surface area contributed by atoms with Gasteiger partial charge in [0, 0.05) is 50.0 Å². The number of methoxy groups -OCH3 is 1. The van der Waals surface area contributed by atoms with Crippen molar-refractivity contribution in [2.24, 2.45) is 58.7 Å². The van der Waals surface area contributed by atoms with Gasteiger partial charge >= 0.3 is 0 Å². The van der Waals surface area contributed by atoms with Crippen LogP contribution in [0.3, 0.4) is 0 Å². The van der Waals surface area contributed by atoms with Crippen LogP contribution in [0.5, 0.6) is 0 Å². The molecule has 1 aliphatic heterocycles. The fourth-order valence-corrected chi connectivity index (χ4v) is 11.1. The molecule has 1 heterocycles. The summed E-state index contributed by atoms with van der Waals surface area (Å²) in [5.74, 6) is 2.42. The highest BCUT2D eigenvalue weighted by Gasteiger charge is 2.58. The first-order valence-corrected chi connectivity index (χ1v) is 19.7. The summed E-state index contributed by atoms with van der Waals surface area (Å²) >= 11 is 0. The maximum absolute atomic E-state index is 14.2. The molecule has 49 heavy (non-hydrogen) atoms. The van der Waals surface area contributed by atoms with Gasteiger partial charge in [0.05, 0.1) is 18.8 Å². The van der Waals surface area contributed by atoms with Crippen LogP contribution in [0.4, 0.5) is 0 Å². The Kier molecular flexibility index (Phi) is 12.8. The number of aliphatic hydroxyl groups is 2. The third-order valence-electron chi connectivity index (χ3n) is 14.1. The van der Waals surface area contributed by atoms with Gasteiger partial charge in [-0.1, -0.05) is 53.9 Å². The number of amides is 2. The summed E-state index contributed by atoms with van der Waals surface area (Å²) in [4.78, 5) is 36.3. The van der Waals surface area contributed by atoms with Gasteiger partial charge in [-0.25, -0.2) is 0 Å². The zero-order valence-corrected chi connectivity index (χ0v) is 32.1. The second-order valence-corrected chi connectivity index (χ2v) is 18.1. The molecule has 282 valence electrons. The monoisotopic (exact) mass is 691 g/mol. The van der Waals surface area contributed by atoms with E-state index in [1.165, 1.54) is 6.42 Å². The Balaban J connectivity index is 1.27. The Labute approximate surface area is 296 Å². The summed E-state index contributed by atoms with van der Waals surface area (Å²) in [6.45, 7) is 14.1. The first-order chi connectivity index (χ1) is 23.2. The van der Waals surface area contributed by atoms with Gasteiger partial charge in [0.2, 0.25) is 11.8 Å². The van der Waals surface area contributed by atoms with E-state index in [1.807, 2.05) is 0 Å². The summed E-state index contributed by atoms with van der Waals surface area (Å²) in [6.07, 6.45) is 7.81. The van der Waals surface area contributed by atoms with Gasteiger partial charge in [-0.3, -0.25) is 14.4 Å². The van der Waals surface area contributed by atoms with Gasteiger partial charge < -0.3 is 30.5 Å². The molecule has 10 heteroatoms. The molecule has 2 bridgehead atoms. The quantitative estimate of drug-likeness (QED) is 0.228. The summed E-state index contributed by atoms with van der Waals surface area (Å²) < 4.78 is 6.32. The lowest BCUT2D eigenvalue weighted by Crippen LogP contribution is -2.62. The third kappa shape index (κ3) is 8.20. The molecule has 0 aromatic rings. The van der Waals surface area contributed by atoms with E-state index in [1.54, 1.807) is 19.1 Å². The number of carbonyl (C=O) groups is 2. The predicted molar refractivity (Wildman–Crippen MR) is 191 cm³/mol. The van der Waals surface area contributed by atoms with Crippen LogP contribution in [0.1, 0.15) is 99.3 Å². The van der Waals surface area contributed by atoms with Gasteiger partial charge in [0.15, 0.2) is 0 Å². The Morgan fingerprint density at radius 2 is 1.76 bits per heavy atom. The molecule has 6 aliphatic rings. The van der Waals surface area contributed by atoms with Gasteiger partial charge in [-0.2, -0.15) is 5.06 Å². The van der Waals surface area contributed by atoms with E-state index >= 15 is 0 Å². The molecule has 10 nitrogen and oxygen atoms in total. The van der Waals surface area contributed by atoms with Crippen molar-refractivity contribution in [3.8, 4) is 0 Å². The SMILES string of the molecule is COC1C(CN2O[C@@H](CO)[C@@H]([C@H](C)O)[C@H]2C(=O)N[C@H]2C[C@H]3C[C@@H]([C@@H]2C)C3(C)C)CCCC1C1CCCC(C(=O)N[C@H](CN(C)C)C(C)C)C1. The average Bonchev–Trinajstić information content (AvgIpc) is 3.43. The number of aliphatic hydroxyl groups excluding tert-OH is 2. The minimum absolute atomic E-state index is 0.0177. The van der Waals surface area contributed by atoms with Crippen molar-refractivity contribution in [3.05, 3.63) is 0 Å². The smallest absolute Gasteiger partial charge is 0.240 e. The van der Waals surface area contributed by atoms with Crippen molar-refractivity contribution in [3.63, 3.8) is 0 Å². The van der Waals surface area contributed by atoms with Crippen LogP contribution in [0.15, 0.2) is 0 Å². The Morgan fingerprint density at radius 1 is 1.04 bits per heavy atom. The molecule has 0 spiro atoms. The largest absolute Gasteiger partial charge is 0.394 e. The number of ether oxygens (including phenoxy) is 1. The fourth-order valence-electron chi connectivity index (χ4n) is 11.1. The van der Waals surface area contributed by atoms with E-state index in [9.17, 15) is 19.8 Å². The Hall–Kier alpha value is -1.30. The first kappa shape index (κ1) is 38.9. The van der Waals surface area contributed by atoms with Crippen molar-refractivity contribution in [1.29, 1.82) is 0 Å². The van der Waals surface area contributed by atoms with E-state index in [-0.39, 0.29) is 48.4 Å².